The van der Waals surface area contributed by atoms with Crippen molar-refractivity contribution in [2.45, 2.75) is 19.8 Å². The molecule has 0 aliphatic heterocycles. The number of aliphatic imine (C=N–C) groups is 1. The van der Waals surface area contributed by atoms with Gasteiger partial charge in [0, 0.05) is 13.1 Å². The fraction of sp³-hybridized carbons (Fsp3) is 0.263. The van der Waals surface area contributed by atoms with Crippen LogP contribution in [0.5, 0.6) is 5.75 Å². The third-order valence-electron chi connectivity index (χ3n) is 3.71. The summed E-state index contributed by atoms with van der Waals surface area (Å²) in [7, 11) is 0. The third-order valence-corrected chi connectivity index (χ3v) is 3.71. The molecule has 0 aromatic heterocycles. The second-order valence-electron chi connectivity index (χ2n) is 5.76. The van der Waals surface area contributed by atoms with Crippen LogP contribution in [0.15, 0.2) is 59.6 Å². The minimum atomic E-state index is -4.83. The van der Waals surface area contributed by atoms with E-state index < -0.39 is 12.1 Å². The molecule has 0 fully saturated rings. The molecule has 0 atom stereocenters. The van der Waals surface area contributed by atoms with Gasteiger partial charge in [0.15, 0.2) is 11.7 Å². The number of nitrogens with one attached hydrogen (secondary N) is 1. The van der Waals surface area contributed by atoms with E-state index in [9.17, 15) is 18.0 Å². The molecule has 2 aromatic rings. The maximum atomic E-state index is 12.5. The Balaban J connectivity index is 0.00000420. The fourth-order valence-electron chi connectivity index (χ4n) is 2.39. The molecule has 29 heavy (non-hydrogen) atoms. The van der Waals surface area contributed by atoms with Crippen LogP contribution in [-0.2, 0) is 11.3 Å². The number of guanidine groups is 1. The van der Waals surface area contributed by atoms with Gasteiger partial charge in [-0.1, -0.05) is 42.5 Å². The number of hydrogen-bond donors (Lipinski definition) is 2. The van der Waals surface area contributed by atoms with E-state index in [2.05, 4.69) is 15.0 Å². The van der Waals surface area contributed by atoms with Crippen molar-refractivity contribution in [2.75, 3.05) is 18.4 Å². The van der Waals surface area contributed by atoms with Crippen molar-refractivity contribution >= 4 is 41.5 Å². The summed E-state index contributed by atoms with van der Waals surface area (Å²) in [4.78, 5) is 17.9. The predicted octanol–water partition coefficient (Wildman–Crippen LogP) is 3.98. The average molecular weight is 522 g/mol. The summed E-state index contributed by atoms with van der Waals surface area (Å²) in [5, 5.41) is 2.53. The van der Waals surface area contributed by atoms with E-state index >= 15 is 0 Å². The van der Waals surface area contributed by atoms with Gasteiger partial charge >= 0.3 is 6.36 Å². The Hall–Kier alpha value is -2.50. The van der Waals surface area contributed by atoms with E-state index in [1.807, 2.05) is 37.3 Å². The fourth-order valence-corrected chi connectivity index (χ4v) is 2.39. The van der Waals surface area contributed by atoms with Crippen molar-refractivity contribution in [1.82, 2.24) is 4.90 Å². The number of amides is 1. The first-order valence-corrected chi connectivity index (χ1v) is 8.52. The van der Waals surface area contributed by atoms with Crippen LogP contribution in [0.4, 0.5) is 18.9 Å². The van der Waals surface area contributed by atoms with Crippen LogP contribution in [0.1, 0.15) is 12.5 Å². The molecule has 2 rings (SSSR count). The number of ether oxygens (including phenoxy) is 1. The molecule has 0 spiro atoms. The van der Waals surface area contributed by atoms with E-state index in [1.165, 1.54) is 18.2 Å². The van der Waals surface area contributed by atoms with Crippen LogP contribution in [0.2, 0.25) is 0 Å². The molecule has 0 aliphatic rings. The SMILES string of the molecule is CCN(Cc1ccccc1)C(=O)CN=C(N)Nc1ccccc1OC(F)(F)F.I. The Kier molecular flexibility index (Phi) is 9.72. The van der Waals surface area contributed by atoms with E-state index in [0.717, 1.165) is 11.6 Å². The Labute approximate surface area is 184 Å². The van der Waals surface area contributed by atoms with Gasteiger partial charge in [0.1, 0.15) is 6.54 Å². The molecule has 0 bridgehead atoms. The van der Waals surface area contributed by atoms with Crippen molar-refractivity contribution in [3.05, 3.63) is 60.2 Å². The van der Waals surface area contributed by atoms with Gasteiger partial charge in [-0.2, -0.15) is 0 Å². The highest BCUT2D eigenvalue weighted by Gasteiger charge is 2.32. The Morgan fingerprint density at radius 1 is 1.14 bits per heavy atom. The second kappa shape index (κ2) is 11.5. The number of rotatable bonds is 7. The van der Waals surface area contributed by atoms with Crippen LogP contribution >= 0.6 is 24.0 Å². The normalized spacial score (nSPS) is 11.4. The minimum Gasteiger partial charge on any atom is -0.404 e. The zero-order chi connectivity index (χ0) is 20.6. The number of nitrogens with zero attached hydrogens (tertiary/aromatic N) is 2. The number of halogens is 4. The number of carbonyl (C=O) groups is 1. The predicted molar refractivity (Wildman–Crippen MR) is 116 cm³/mol. The molecule has 10 heteroatoms. The number of likely N-dealkylation sites (N-methyl/N-ethyl adjacent to an activating group) is 1. The molecular weight excluding hydrogens is 500 g/mol. The topological polar surface area (TPSA) is 80.0 Å². The molecule has 1 amide bonds. The zero-order valence-electron chi connectivity index (χ0n) is 15.6. The molecule has 0 heterocycles. The van der Waals surface area contributed by atoms with Gasteiger partial charge in [-0.05, 0) is 24.6 Å². The van der Waals surface area contributed by atoms with Crippen molar-refractivity contribution in [1.29, 1.82) is 0 Å². The Bertz CT molecular complexity index is 817. The lowest BCUT2D eigenvalue weighted by Crippen LogP contribution is -2.33. The summed E-state index contributed by atoms with van der Waals surface area (Å²) in [6.45, 7) is 2.53. The van der Waals surface area contributed by atoms with E-state index in [0.29, 0.717) is 13.1 Å². The molecule has 0 saturated carbocycles. The molecule has 0 saturated heterocycles. The summed E-state index contributed by atoms with van der Waals surface area (Å²) < 4.78 is 41.3. The minimum absolute atomic E-state index is 0. The van der Waals surface area contributed by atoms with Gasteiger partial charge in [-0.3, -0.25) is 4.79 Å². The van der Waals surface area contributed by atoms with Crippen LogP contribution in [0.25, 0.3) is 0 Å². The van der Waals surface area contributed by atoms with E-state index in [4.69, 9.17) is 5.73 Å². The van der Waals surface area contributed by atoms with Gasteiger partial charge in [0.05, 0.1) is 5.69 Å². The van der Waals surface area contributed by atoms with Crippen molar-refractivity contribution in [3.8, 4) is 5.75 Å². The number of anilines is 1. The summed E-state index contributed by atoms with van der Waals surface area (Å²) in [5.74, 6) is -0.892. The number of hydrogen-bond acceptors (Lipinski definition) is 3. The first-order valence-electron chi connectivity index (χ1n) is 8.52. The lowest BCUT2D eigenvalue weighted by Gasteiger charge is -2.20. The van der Waals surface area contributed by atoms with Gasteiger partial charge in [0.2, 0.25) is 5.91 Å². The quantitative estimate of drug-likeness (QED) is 0.328. The maximum absolute atomic E-state index is 12.5. The Morgan fingerprint density at radius 3 is 2.38 bits per heavy atom. The maximum Gasteiger partial charge on any atom is 0.573 e. The van der Waals surface area contributed by atoms with Gasteiger partial charge in [-0.25, -0.2) is 4.99 Å². The number of para-hydroxylation sites is 2. The van der Waals surface area contributed by atoms with Gasteiger partial charge in [0.25, 0.3) is 0 Å². The summed E-state index contributed by atoms with van der Waals surface area (Å²) in [6, 6.07) is 14.9. The first-order chi connectivity index (χ1) is 13.3. The molecule has 158 valence electrons. The first kappa shape index (κ1) is 24.5. The van der Waals surface area contributed by atoms with Crippen molar-refractivity contribution in [3.63, 3.8) is 0 Å². The molecule has 0 aliphatic carbocycles. The standard InChI is InChI=1S/C19H21F3N4O2.HI/c1-2-26(13-14-8-4-3-5-9-14)17(27)12-24-18(23)25-15-10-6-7-11-16(15)28-19(20,21)22;/h3-11H,2,12-13H2,1H3,(H3,23,24,25);1H. The zero-order valence-corrected chi connectivity index (χ0v) is 18.0. The summed E-state index contributed by atoms with van der Waals surface area (Å²) >= 11 is 0. The average Bonchev–Trinajstić information content (AvgIpc) is 2.65. The number of nitrogens with two attached hydrogens (primary N) is 1. The van der Waals surface area contributed by atoms with E-state index in [1.54, 1.807) is 4.90 Å². The van der Waals surface area contributed by atoms with Crippen molar-refractivity contribution < 1.29 is 22.7 Å². The van der Waals surface area contributed by atoms with Crippen LogP contribution in [-0.4, -0.2) is 36.2 Å². The number of carbonyl (C=O) groups excluding carboxylic acids is 1. The van der Waals surface area contributed by atoms with Gasteiger partial charge in [-0.15, -0.1) is 37.1 Å². The molecular formula is C19H22F3IN4O2. The molecule has 0 unspecified atom stereocenters. The summed E-state index contributed by atoms with van der Waals surface area (Å²) in [6.07, 6.45) is -4.83. The summed E-state index contributed by atoms with van der Waals surface area (Å²) in [5.41, 5.74) is 6.68. The lowest BCUT2D eigenvalue weighted by molar-refractivity contribution is -0.274. The second-order valence-corrected chi connectivity index (χ2v) is 5.76. The molecule has 3 N–H and O–H groups in total. The molecule has 2 aromatic carbocycles. The molecule has 6 nitrogen and oxygen atoms in total. The van der Waals surface area contributed by atoms with Crippen LogP contribution in [0, 0.1) is 0 Å². The lowest BCUT2D eigenvalue weighted by atomic mass is 10.2. The highest BCUT2D eigenvalue weighted by atomic mass is 127. The van der Waals surface area contributed by atoms with Crippen LogP contribution in [0.3, 0.4) is 0 Å². The van der Waals surface area contributed by atoms with Gasteiger partial charge < -0.3 is 20.7 Å². The highest BCUT2D eigenvalue weighted by Crippen LogP contribution is 2.29. The number of benzene rings is 2. The van der Waals surface area contributed by atoms with Crippen LogP contribution < -0.4 is 15.8 Å². The molecule has 0 radical (unpaired) electrons. The third kappa shape index (κ3) is 8.59. The highest BCUT2D eigenvalue weighted by molar-refractivity contribution is 14.0. The van der Waals surface area contributed by atoms with E-state index in [-0.39, 0.29) is 48.1 Å². The monoisotopic (exact) mass is 522 g/mol. The van der Waals surface area contributed by atoms with Crippen molar-refractivity contribution in [2.24, 2.45) is 10.7 Å². The number of alkyl halides is 3. The smallest absolute Gasteiger partial charge is 0.404 e. The largest absolute Gasteiger partial charge is 0.573 e. The Morgan fingerprint density at radius 2 is 1.76 bits per heavy atom.